The molecular formula is C32H40N4O4. The third-order valence-corrected chi connectivity index (χ3v) is 9.11. The fourth-order valence-corrected chi connectivity index (χ4v) is 6.90. The molecule has 7 aliphatic heterocycles. The van der Waals surface area contributed by atoms with Crippen LogP contribution in [-0.4, -0.2) is 40.4 Å². The molecule has 9 rings (SSSR count). The van der Waals surface area contributed by atoms with Gasteiger partial charge in [0.1, 0.15) is 17.1 Å². The number of rotatable bonds is 1. The zero-order valence-corrected chi connectivity index (χ0v) is 23.8. The Labute approximate surface area is 236 Å². The Morgan fingerprint density at radius 3 is 2.70 bits per heavy atom. The highest BCUT2D eigenvalue weighted by molar-refractivity contribution is 6.00. The first-order valence-electron chi connectivity index (χ1n) is 14.8. The highest BCUT2D eigenvalue weighted by atomic mass is 16.5. The van der Waals surface area contributed by atoms with Gasteiger partial charge in [-0.15, -0.1) is 0 Å². The van der Waals surface area contributed by atoms with Crippen LogP contribution in [0.25, 0.3) is 0 Å². The molecule has 3 unspecified atom stereocenters. The largest absolute Gasteiger partial charge is 0.493 e. The van der Waals surface area contributed by atoms with Gasteiger partial charge in [-0.3, -0.25) is 19.9 Å². The van der Waals surface area contributed by atoms with Crippen molar-refractivity contribution in [2.75, 3.05) is 6.61 Å². The molecule has 8 nitrogen and oxygen atoms in total. The summed E-state index contributed by atoms with van der Waals surface area (Å²) in [4.78, 5) is 28.9. The number of benzene rings is 2. The molecule has 0 spiro atoms. The molecule has 2 amide bonds. The van der Waals surface area contributed by atoms with Crippen LogP contribution in [0.4, 0.5) is 0 Å². The first-order valence-corrected chi connectivity index (χ1v) is 14.8. The van der Waals surface area contributed by atoms with Gasteiger partial charge in [0.2, 0.25) is 5.91 Å². The van der Waals surface area contributed by atoms with E-state index in [4.69, 9.17) is 14.9 Å². The number of hydrogen-bond donors (Lipinski definition) is 3. The van der Waals surface area contributed by atoms with E-state index in [0.29, 0.717) is 37.2 Å². The average molecular weight is 545 g/mol. The summed E-state index contributed by atoms with van der Waals surface area (Å²) < 4.78 is 12.3. The molecular weight excluding hydrogens is 504 g/mol. The Morgan fingerprint density at radius 1 is 1.05 bits per heavy atom. The van der Waals surface area contributed by atoms with Crippen LogP contribution >= 0.6 is 0 Å². The number of ether oxygens (including phenoxy) is 2. The molecule has 0 aromatic heterocycles. The highest BCUT2D eigenvalue weighted by Gasteiger charge is 2.44. The van der Waals surface area contributed by atoms with Crippen molar-refractivity contribution in [2.45, 2.75) is 102 Å². The van der Waals surface area contributed by atoms with E-state index in [2.05, 4.69) is 49.6 Å². The number of guanidine groups is 1. The van der Waals surface area contributed by atoms with E-state index in [1.807, 2.05) is 12.1 Å². The average Bonchev–Trinajstić information content (AvgIpc) is 2.91. The van der Waals surface area contributed by atoms with Crippen LogP contribution in [0.2, 0.25) is 0 Å². The second-order valence-electron chi connectivity index (χ2n) is 12.5. The second-order valence-corrected chi connectivity index (χ2v) is 12.5. The normalized spacial score (nSPS) is 27.8. The maximum atomic E-state index is 13.7. The van der Waals surface area contributed by atoms with Crippen LogP contribution in [0.5, 0.6) is 11.5 Å². The maximum Gasteiger partial charge on any atom is 0.251 e. The molecule has 7 heterocycles. The fraction of sp³-hybridized carbons (Fsp3) is 0.531. The van der Waals surface area contributed by atoms with Crippen molar-refractivity contribution in [1.82, 2.24) is 15.5 Å². The van der Waals surface area contributed by atoms with E-state index >= 15 is 0 Å². The van der Waals surface area contributed by atoms with Crippen LogP contribution in [-0.2, 0) is 11.2 Å². The summed E-state index contributed by atoms with van der Waals surface area (Å²) in [5.41, 5.74) is 2.70. The molecule has 0 saturated carbocycles. The summed E-state index contributed by atoms with van der Waals surface area (Å²) in [6, 6.07) is 11.3. The van der Waals surface area contributed by atoms with Gasteiger partial charge in [-0.05, 0) is 69.4 Å². The van der Waals surface area contributed by atoms with Gasteiger partial charge >= 0.3 is 0 Å². The van der Waals surface area contributed by atoms with Crippen LogP contribution in [0.15, 0.2) is 36.4 Å². The lowest BCUT2D eigenvalue weighted by Gasteiger charge is -2.46. The lowest BCUT2D eigenvalue weighted by atomic mass is 9.83. The molecule has 2 aromatic rings. The lowest BCUT2D eigenvalue weighted by Crippen LogP contribution is -2.63. The number of nitrogens with zero attached hydrogens (tertiary/aromatic N) is 1. The molecule has 2 aromatic carbocycles. The summed E-state index contributed by atoms with van der Waals surface area (Å²) in [7, 11) is 0. The van der Waals surface area contributed by atoms with Crippen LogP contribution < -0.4 is 20.1 Å². The number of amides is 2. The first-order chi connectivity index (χ1) is 19.2. The number of hydrogen-bond acceptors (Lipinski definition) is 5. The predicted octanol–water partition coefficient (Wildman–Crippen LogP) is 5.56. The van der Waals surface area contributed by atoms with Crippen molar-refractivity contribution in [3.05, 3.63) is 58.7 Å². The van der Waals surface area contributed by atoms with Crippen molar-refractivity contribution >= 4 is 17.8 Å². The molecule has 0 aliphatic carbocycles. The van der Waals surface area contributed by atoms with E-state index in [1.165, 1.54) is 5.56 Å². The molecule has 7 aliphatic rings. The zero-order valence-electron chi connectivity index (χ0n) is 23.8. The minimum atomic E-state index is -0.413. The number of nitrogens with one attached hydrogen (secondary N) is 3. The van der Waals surface area contributed by atoms with Crippen molar-refractivity contribution < 1.29 is 19.1 Å². The van der Waals surface area contributed by atoms with Gasteiger partial charge in [-0.1, -0.05) is 31.9 Å². The Bertz CT molecular complexity index is 1330. The summed E-state index contributed by atoms with van der Waals surface area (Å²) in [5, 5.41) is 15.6. The predicted molar refractivity (Wildman–Crippen MR) is 153 cm³/mol. The Kier molecular flexibility index (Phi) is 6.75. The van der Waals surface area contributed by atoms with Gasteiger partial charge < -0.3 is 20.1 Å². The van der Waals surface area contributed by atoms with E-state index in [9.17, 15) is 9.59 Å². The summed E-state index contributed by atoms with van der Waals surface area (Å²) >= 11 is 0. The second kappa shape index (κ2) is 10.1. The molecule has 1 saturated heterocycles. The van der Waals surface area contributed by atoms with Gasteiger partial charge in [-0.25, -0.2) is 0 Å². The molecule has 8 heteroatoms. The van der Waals surface area contributed by atoms with Crippen LogP contribution in [0, 0.1) is 5.41 Å². The van der Waals surface area contributed by atoms with Crippen LogP contribution in [0.3, 0.4) is 0 Å². The summed E-state index contributed by atoms with van der Waals surface area (Å²) in [6.07, 6.45) is 7.24. The standard InChI is InChI=1S/C32H40N4O4/c1-4-32-14-7-5-6-8-20-9-11-22-24(18-31(2,3)40-27(22)16-20)34-29(38)21-10-12-26-23(17-21)25(13-15-39-26)36(28(37)19-32)30(33)35-32/h9-12,16-17,24-25H,4-8,13-15,18-19H2,1-3H3,(H2,33,35)(H,34,38). The monoisotopic (exact) mass is 544 g/mol. The van der Waals surface area contributed by atoms with Gasteiger partial charge in [0.15, 0.2) is 5.96 Å². The third-order valence-electron chi connectivity index (χ3n) is 9.11. The number of aryl methyl sites for hydroxylation is 1. The van der Waals surface area contributed by atoms with Crippen LogP contribution in [0.1, 0.15) is 111 Å². The van der Waals surface area contributed by atoms with Crippen molar-refractivity contribution in [3.63, 3.8) is 0 Å². The number of carbonyl (C=O) groups is 2. The quantitative estimate of drug-likeness (QED) is 0.436. The van der Waals surface area contributed by atoms with E-state index in [1.54, 1.807) is 11.0 Å². The minimum absolute atomic E-state index is 0.0378. The fourth-order valence-electron chi connectivity index (χ4n) is 6.90. The van der Waals surface area contributed by atoms with Gasteiger partial charge in [0, 0.05) is 35.1 Å². The highest BCUT2D eigenvalue weighted by Crippen LogP contribution is 2.42. The smallest absolute Gasteiger partial charge is 0.251 e. The molecule has 1 fully saturated rings. The topological polar surface area (TPSA) is 104 Å². The Hall–Kier alpha value is -3.55. The summed E-state index contributed by atoms with van der Waals surface area (Å²) in [5.74, 6) is 1.44. The SMILES string of the molecule is CCC12CCCCCc3ccc4c(c3)OC(C)(C)CC4NC(=O)c3ccc4c(c3)C(CCO4)N(C(=N)N1)C(=O)C2. The van der Waals surface area contributed by atoms with E-state index < -0.39 is 11.1 Å². The molecule has 8 bridgehead atoms. The van der Waals surface area contributed by atoms with E-state index in [0.717, 1.165) is 55.4 Å². The van der Waals surface area contributed by atoms with Crippen molar-refractivity contribution in [2.24, 2.45) is 0 Å². The zero-order chi connectivity index (χ0) is 28.1. The van der Waals surface area contributed by atoms with Gasteiger partial charge in [-0.2, -0.15) is 0 Å². The third kappa shape index (κ3) is 4.93. The van der Waals surface area contributed by atoms with Crippen molar-refractivity contribution in [1.29, 1.82) is 5.41 Å². The Morgan fingerprint density at radius 2 is 1.90 bits per heavy atom. The molecule has 3 N–H and O–H groups in total. The first kappa shape index (κ1) is 26.7. The number of carbonyl (C=O) groups excluding carboxylic acids is 2. The molecule has 3 atom stereocenters. The molecule has 212 valence electrons. The summed E-state index contributed by atoms with van der Waals surface area (Å²) in [6.45, 7) is 6.68. The molecule has 40 heavy (non-hydrogen) atoms. The Balaban J connectivity index is 1.39. The van der Waals surface area contributed by atoms with Crippen molar-refractivity contribution in [3.8, 4) is 11.5 Å². The molecule has 0 radical (unpaired) electrons. The minimum Gasteiger partial charge on any atom is -0.493 e. The van der Waals surface area contributed by atoms with E-state index in [-0.39, 0.29) is 29.9 Å². The van der Waals surface area contributed by atoms with Gasteiger partial charge in [0.05, 0.1) is 25.1 Å². The lowest BCUT2D eigenvalue weighted by molar-refractivity contribution is -0.133. The maximum absolute atomic E-state index is 13.7. The van der Waals surface area contributed by atoms with Gasteiger partial charge in [0.25, 0.3) is 5.91 Å².